The van der Waals surface area contributed by atoms with Crippen LogP contribution in [0.25, 0.3) is 0 Å². The Kier molecular flexibility index (Phi) is 9.46. The van der Waals surface area contributed by atoms with E-state index in [1.807, 2.05) is 61.5 Å². The maximum atomic E-state index is 14.4. The Morgan fingerprint density at radius 3 is 2.04 bits per heavy atom. The summed E-state index contributed by atoms with van der Waals surface area (Å²) in [6.07, 6.45) is 4.75. The van der Waals surface area contributed by atoms with Gasteiger partial charge >= 0.3 is 0 Å². The molecule has 6 heteroatoms. The largest absolute Gasteiger partial charge is 0.490 e. The smallest absolute Gasteiger partial charge is 0.165 e. The first-order valence-corrected chi connectivity index (χ1v) is 17.4. The lowest BCUT2D eigenvalue weighted by atomic mass is 9.63. The maximum absolute atomic E-state index is 14.4. The molecule has 0 saturated heterocycles. The van der Waals surface area contributed by atoms with Crippen LogP contribution in [-0.2, 0) is 29.2 Å². The molecule has 0 spiro atoms. The first kappa shape index (κ1) is 33.8. The van der Waals surface area contributed by atoms with Crippen LogP contribution in [0.5, 0.6) is 11.5 Å². The summed E-state index contributed by atoms with van der Waals surface area (Å²) in [5.41, 5.74) is 7.04. The molecule has 1 aliphatic heterocycles. The van der Waals surface area contributed by atoms with E-state index in [-0.39, 0.29) is 22.4 Å². The van der Waals surface area contributed by atoms with E-state index in [0.29, 0.717) is 55.5 Å². The van der Waals surface area contributed by atoms with Crippen LogP contribution in [0.2, 0.25) is 5.02 Å². The molecule has 2 aliphatic carbocycles. The molecule has 0 N–H and O–H groups in total. The number of allylic oxidation sites excluding steroid dienone is 5. The molecule has 0 radical (unpaired) electrons. The Morgan fingerprint density at radius 1 is 0.833 bits per heavy atom. The minimum absolute atomic E-state index is 0.109. The fraction of sp³-hybridized carbons (Fsp3) is 0.381. The Hall–Kier alpha value is -4.09. The molecule has 0 amide bonds. The van der Waals surface area contributed by atoms with Crippen LogP contribution in [0, 0.1) is 10.8 Å². The third-order valence-electron chi connectivity index (χ3n) is 9.63. The van der Waals surface area contributed by atoms with E-state index in [9.17, 15) is 9.59 Å². The number of carbonyl (C=O) groups is 2. The molecule has 48 heavy (non-hydrogen) atoms. The first-order chi connectivity index (χ1) is 22.9. The quantitative estimate of drug-likeness (QED) is 0.202. The van der Waals surface area contributed by atoms with Crippen molar-refractivity contribution in [1.29, 1.82) is 0 Å². The van der Waals surface area contributed by atoms with E-state index in [1.54, 1.807) is 0 Å². The SMILES string of the molecule is C=CCc1cc(C2C3=C(CC(C)(C)CC3=O)N(Cc3ccccc3)C3=C2C(=O)CC(C)(C)C3)cc(OCC)c1OCc1cccc(Cl)c1. The summed E-state index contributed by atoms with van der Waals surface area (Å²) in [5, 5.41) is 0.648. The van der Waals surface area contributed by atoms with Gasteiger partial charge in [0, 0.05) is 58.4 Å². The van der Waals surface area contributed by atoms with E-state index in [4.69, 9.17) is 21.1 Å². The maximum Gasteiger partial charge on any atom is 0.165 e. The molecule has 3 aliphatic rings. The number of benzene rings is 3. The molecule has 0 fully saturated rings. The van der Waals surface area contributed by atoms with Gasteiger partial charge in [-0.15, -0.1) is 6.58 Å². The molecule has 0 atom stereocenters. The summed E-state index contributed by atoms with van der Waals surface area (Å²) in [7, 11) is 0. The van der Waals surface area contributed by atoms with E-state index in [2.05, 4.69) is 57.4 Å². The predicted octanol–water partition coefficient (Wildman–Crippen LogP) is 9.93. The number of ether oxygens (including phenoxy) is 2. The van der Waals surface area contributed by atoms with Gasteiger partial charge in [-0.3, -0.25) is 9.59 Å². The highest BCUT2D eigenvalue weighted by Crippen LogP contribution is 2.55. The van der Waals surface area contributed by atoms with Crippen molar-refractivity contribution in [2.75, 3.05) is 6.61 Å². The third kappa shape index (κ3) is 6.89. The number of hydrogen-bond acceptors (Lipinski definition) is 5. The van der Waals surface area contributed by atoms with Crippen molar-refractivity contribution in [3.63, 3.8) is 0 Å². The number of Topliss-reactive ketones (excluding diaryl/α,β-unsaturated/α-hetero) is 2. The normalized spacial score (nSPS) is 18.8. The van der Waals surface area contributed by atoms with Crippen molar-refractivity contribution >= 4 is 23.2 Å². The molecule has 0 bridgehead atoms. The fourth-order valence-corrected chi connectivity index (χ4v) is 7.92. The molecule has 0 aromatic heterocycles. The Balaban J connectivity index is 1.55. The van der Waals surface area contributed by atoms with E-state index in [1.165, 1.54) is 0 Å². The molecule has 3 aromatic carbocycles. The molecule has 3 aromatic rings. The molecular weight excluding hydrogens is 618 g/mol. The van der Waals surface area contributed by atoms with Crippen LogP contribution >= 0.6 is 11.6 Å². The molecule has 6 rings (SSSR count). The summed E-state index contributed by atoms with van der Waals surface area (Å²) in [6.45, 7) is 16.0. The number of nitrogens with zero attached hydrogens (tertiary/aromatic N) is 1. The lowest BCUT2D eigenvalue weighted by Gasteiger charge is -2.49. The number of hydrogen-bond donors (Lipinski definition) is 0. The van der Waals surface area contributed by atoms with Crippen LogP contribution in [0.4, 0.5) is 0 Å². The third-order valence-corrected chi connectivity index (χ3v) is 9.86. The summed E-state index contributed by atoms with van der Waals surface area (Å²) < 4.78 is 12.7. The van der Waals surface area contributed by atoms with E-state index < -0.39 is 5.92 Å². The highest BCUT2D eigenvalue weighted by molar-refractivity contribution is 6.30. The Morgan fingerprint density at radius 2 is 1.46 bits per heavy atom. The monoisotopic (exact) mass is 663 g/mol. The van der Waals surface area contributed by atoms with Crippen LogP contribution < -0.4 is 9.47 Å². The average Bonchev–Trinajstić information content (AvgIpc) is 3.01. The van der Waals surface area contributed by atoms with Gasteiger partial charge in [-0.05, 0) is 71.9 Å². The zero-order valence-corrected chi connectivity index (χ0v) is 29.6. The Bertz CT molecular complexity index is 1760. The van der Waals surface area contributed by atoms with Crippen molar-refractivity contribution < 1.29 is 19.1 Å². The molecule has 250 valence electrons. The zero-order valence-electron chi connectivity index (χ0n) is 28.8. The second-order valence-corrected chi connectivity index (χ2v) is 15.4. The van der Waals surface area contributed by atoms with Crippen LogP contribution in [0.15, 0.2) is 102 Å². The molecule has 0 unspecified atom stereocenters. The molecular formula is C42H46ClNO4. The number of ketones is 2. The number of rotatable bonds is 10. The summed E-state index contributed by atoms with van der Waals surface area (Å²) in [5.74, 6) is 0.963. The van der Waals surface area contributed by atoms with Gasteiger partial charge in [0.15, 0.2) is 23.1 Å². The zero-order chi connectivity index (χ0) is 34.2. The second kappa shape index (κ2) is 13.4. The van der Waals surface area contributed by atoms with Gasteiger partial charge in [0.2, 0.25) is 0 Å². The van der Waals surface area contributed by atoms with Gasteiger partial charge in [0.1, 0.15) is 6.61 Å². The van der Waals surface area contributed by atoms with Crippen molar-refractivity contribution in [1.82, 2.24) is 4.90 Å². The standard InChI is InChI=1S/C42H46ClNO4/c1-7-13-29-19-30(20-36(47-8-2)40(29)48-26-28-16-12-17-31(43)18-28)37-38-32(21-41(3,4)23-34(38)45)44(25-27-14-10-9-11-15-27)33-22-42(5,6)24-35(46)39(33)37/h7,9-12,14-20,37H,1,8,13,21-26H2,2-6H3. The van der Waals surface area contributed by atoms with Crippen molar-refractivity contribution in [3.8, 4) is 11.5 Å². The molecule has 5 nitrogen and oxygen atoms in total. The van der Waals surface area contributed by atoms with Crippen LogP contribution in [0.1, 0.15) is 88.5 Å². The van der Waals surface area contributed by atoms with Gasteiger partial charge < -0.3 is 14.4 Å². The lowest BCUT2D eigenvalue weighted by Crippen LogP contribution is -2.44. The molecule has 1 heterocycles. The fourth-order valence-electron chi connectivity index (χ4n) is 7.70. The topological polar surface area (TPSA) is 55.8 Å². The second-order valence-electron chi connectivity index (χ2n) is 15.0. The number of carbonyl (C=O) groups excluding carboxylic acids is 2. The van der Waals surface area contributed by atoms with Crippen molar-refractivity contribution in [3.05, 3.63) is 129 Å². The Labute approximate surface area is 290 Å². The van der Waals surface area contributed by atoms with Crippen molar-refractivity contribution in [2.24, 2.45) is 10.8 Å². The highest BCUT2D eigenvalue weighted by atomic mass is 35.5. The summed E-state index contributed by atoms with van der Waals surface area (Å²) in [4.78, 5) is 31.1. The first-order valence-electron chi connectivity index (χ1n) is 17.0. The van der Waals surface area contributed by atoms with Gasteiger partial charge in [-0.1, -0.05) is 93.9 Å². The van der Waals surface area contributed by atoms with E-state index in [0.717, 1.165) is 57.6 Å². The average molecular weight is 664 g/mol. The van der Waals surface area contributed by atoms with E-state index >= 15 is 0 Å². The predicted molar refractivity (Wildman–Crippen MR) is 192 cm³/mol. The highest BCUT2D eigenvalue weighted by Gasteiger charge is 2.49. The van der Waals surface area contributed by atoms with Gasteiger partial charge in [-0.25, -0.2) is 0 Å². The lowest BCUT2D eigenvalue weighted by molar-refractivity contribution is -0.119. The van der Waals surface area contributed by atoms with Crippen molar-refractivity contribution in [2.45, 2.75) is 85.8 Å². The van der Waals surface area contributed by atoms with Gasteiger partial charge in [-0.2, -0.15) is 0 Å². The summed E-state index contributed by atoms with van der Waals surface area (Å²) in [6, 6.07) is 22.1. The minimum Gasteiger partial charge on any atom is -0.490 e. The minimum atomic E-state index is -0.487. The van der Waals surface area contributed by atoms with Crippen LogP contribution in [0.3, 0.4) is 0 Å². The van der Waals surface area contributed by atoms with Crippen LogP contribution in [-0.4, -0.2) is 23.1 Å². The molecule has 0 saturated carbocycles. The van der Waals surface area contributed by atoms with Gasteiger partial charge in [0.05, 0.1) is 6.61 Å². The number of halogens is 1. The summed E-state index contributed by atoms with van der Waals surface area (Å²) >= 11 is 6.26. The van der Waals surface area contributed by atoms with Gasteiger partial charge in [0.25, 0.3) is 0 Å².